The number of hydrogen-bond acceptors (Lipinski definition) is 4. The van der Waals surface area contributed by atoms with Crippen LogP contribution in [0.4, 0.5) is 5.82 Å². The number of aliphatic hydroxyl groups is 1. The number of pyridine rings is 1. The lowest BCUT2D eigenvalue weighted by Crippen LogP contribution is -2.50. The van der Waals surface area contributed by atoms with Crippen LogP contribution >= 0.6 is 11.6 Å². The van der Waals surface area contributed by atoms with Crippen molar-refractivity contribution < 1.29 is 9.90 Å². The number of rotatable bonds is 2. The molecule has 0 bridgehead atoms. The Morgan fingerprint density at radius 3 is 2.76 bits per heavy atom. The maximum Gasteiger partial charge on any atom is 0.230 e. The zero-order valence-corrected chi connectivity index (χ0v) is 15.3. The highest BCUT2D eigenvalue weighted by atomic mass is 35.5. The number of hydrogen-bond donors (Lipinski definition) is 1. The van der Waals surface area contributed by atoms with Crippen LogP contribution in [0.3, 0.4) is 0 Å². The largest absolute Gasteiger partial charge is 0.393 e. The van der Waals surface area contributed by atoms with Crippen LogP contribution in [0.5, 0.6) is 0 Å². The molecule has 3 heterocycles. The Balaban J connectivity index is 1.50. The first-order valence-corrected chi connectivity index (χ1v) is 9.81. The molecule has 1 atom stereocenters. The van der Waals surface area contributed by atoms with E-state index in [0.29, 0.717) is 23.5 Å². The van der Waals surface area contributed by atoms with E-state index in [4.69, 9.17) is 11.6 Å². The number of carbonyl (C=O) groups excluding carboxylic acids is 1. The van der Waals surface area contributed by atoms with E-state index >= 15 is 0 Å². The minimum Gasteiger partial charge on any atom is -0.393 e. The summed E-state index contributed by atoms with van der Waals surface area (Å²) in [5.74, 6) is 1.11. The molecule has 3 aliphatic rings. The summed E-state index contributed by atoms with van der Waals surface area (Å²) in [6, 6.07) is 4.01. The van der Waals surface area contributed by atoms with Crippen LogP contribution in [-0.2, 0) is 4.79 Å². The highest BCUT2D eigenvalue weighted by Crippen LogP contribution is 2.43. The molecule has 2 aliphatic heterocycles. The zero-order chi connectivity index (χ0) is 17.4. The van der Waals surface area contributed by atoms with Gasteiger partial charge in [-0.25, -0.2) is 4.98 Å². The molecular weight excluding hydrogens is 338 g/mol. The third kappa shape index (κ3) is 3.13. The van der Waals surface area contributed by atoms with Gasteiger partial charge in [-0.15, -0.1) is 0 Å². The zero-order valence-electron chi connectivity index (χ0n) is 14.5. The number of aliphatic hydroxyl groups excluding tert-OH is 1. The molecule has 6 heteroatoms. The molecule has 2 saturated heterocycles. The second-order valence-corrected chi connectivity index (χ2v) is 8.23. The summed E-state index contributed by atoms with van der Waals surface area (Å²) < 4.78 is 0. The van der Waals surface area contributed by atoms with Crippen LogP contribution in [0.2, 0.25) is 5.02 Å². The van der Waals surface area contributed by atoms with Gasteiger partial charge in [0.2, 0.25) is 5.91 Å². The average molecular weight is 364 g/mol. The van der Waals surface area contributed by atoms with E-state index in [1.807, 2.05) is 12.1 Å². The van der Waals surface area contributed by atoms with Gasteiger partial charge < -0.3 is 14.9 Å². The van der Waals surface area contributed by atoms with E-state index in [2.05, 4.69) is 14.8 Å². The number of anilines is 1. The maximum atomic E-state index is 13.3. The first-order valence-electron chi connectivity index (χ1n) is 9.44. The minimum atomic E-state index is -0.283. The quantitative estimate of drug-likeness (QED) is 0.877. The Morgan fingerprint density at radius 2 is 2.00 bits per heavy atom. The summed E-state index contributed by atoms with van der Waals surface area (Å²) in [6.45, 7) is 2.47. The molecule has 1 aliphatic carbocycles. The number of nitrogens with zero attached hydrogens (tertiary/aromatic N) is 3. The van der Waals surface area contributed by atoms with Crippen molar-refractivity contribution in [3.8, 4) is 0 Å². The highest BCUT2D eigenvalue weighted by molar-refractivity contribution is 6.32. The lowest BCUT2D eigenvalue weighted by Gasteiger charge is -2.41. The normalized spacial score (nSPS) is 33.3. The summed E-state index contributed by atoms with van der Waals surface area (Å²) in [5.41, 5.74) is -0.283. The van der Waals surface area contributed by atoms with Crippen LogP contribution in [0.25, 0.3) is 0 Å². The van der Waals surface area contributed by atoms with E-state index in [1.165, 1.54) is 0 Å². The molecular formula is C19H26ClN3O2. The van der Waals surface area contributed by atoms with Crippen LogP contribution in [0.1, 0.15) is 44.9 Å². The van der Waals surface area contributed by atoms with Crippen molar-refractivity contribution in [2.75, 3.05) is 24.5 Å². The van der Waals surface area contributed by atoms with Crippen LogP contribution < -0.4 is 4.90 Å². The molecule has 5 nitrogen and oxygen atoms in total. The average Bonchev–Trinajstić information content (AvgIpc) is 2.92. The Bertz CT molecular complexity index is 647. The van der Waals surface area contributed by atoms with Gasteiger partial charge in [0.15, 0.2) is 0 Å². The molecule has 136 valence electrons. The minimum absolute atomic E-state index is 0.181. The molecule has 1 N–H and O–H groups in total. The third-order valence-electron chi connectivity index (χ3n) is 6.27. The molecule has 0 unspecified atom stereocenters. The van der Waals surface area contributed by atoms with Gasteiger partial charge in [0, 0.05) is 31.9 Å². The van der Waals surface area contributed by atoms with E-state index in [1.54, 1.807) is 6.20 Å². The maximum absolute atomic E-state index is 13.3. The topological polar surface area (TPSA) is 56.7 Å². The SMILES string of the molecule is O=C1N([C@H]2CC[C@H](O)CC2)CC[C@@]12CCCN(c1ncccc1Cl)C2. The molecule has 4 rings (SSSR count). The molecule has 3 fully saturated rings. The van der Waals surface area contributed by atoms with E-state index in [9.17, 15) is 9.90 Å². The number of amides is 1. The number of carbonyl (C=O) groups is 1. The summed E-state index contributed by atoms with van der Waals surface area (Å²) in [7, 11) is 0. The number of halogens is 1. The summed E-state index contributed by atoms with van der Waals surface area (Å²) in [6.07, 6.45) is 7.95. The molecule has 1 saturated carbocycles. The van der Waals surface area contributed by atoms with Gasteiger partial charge in [-0.2, -0.15) is 0 Å². The Kier molecular flexibility index (Phi) is 4.63. The number of likely N-dealkylation sites (tertiary alicyclic amines) is 1. The molecule has 0 radical (unpaired) electrons. The summed E-state index contributed by atoms with van der Waals surface area (Å²) >= 11 is 6.33. The predicted molar refractivity (Wildman–Crippen MR) is 97.7 cm³/mol. The van der Waals surface area contributed by atoms with Crippen LogP contribution in [-0.4, -0.2) is 52.7 Å². The lowest BCUT2D eigenvalue weighted by molar-refractivity contribution is -0.139. The van der Waals surface area contributed by atoms with Gasteiger partial charge in [0.25, 0.3) is 0 Å². The predicted octanol–water partition coefficient (Wildman–Crippen LogP) is 2.86. The molecule has 1 spiro atoms. The number of aromatic nitrogens is 1. The Hall–Kier alpha value is -1.33. The molecule has 1 aromatic heterocycles. The first-order chi connectivity index (χ1) is 12.1. The summed E-state index contributed by atoms with van der Waals surface area (Å²) in [5, 5.41) is 10.4. The lowest BCUT2D eigenvalue weighted by atomic mass is 9.78. The summed E-state index contributed by atoms with van der Waals surface area (Å²) in [4.78, 5) is 22.0. The van der Waals surface area contributed by atoms with Gasteiger partial charge in [-0.05, 0) is 57.1 Å². The Labute approximate surface area is 154 Å². The van der Waals surface area contributed by atoms with E-state index in [-0.39, 0.29) is 11.5 Å². The van der Waals surface area contributed by atoms with Crippen molar-refractivity contribution in [1.29, 1.82) is 0 Å². The molecule has 1 aromatic rings. The van der Waals surface area contributed by atoms with Crippen molar-refractivity contribution in [1.82, 2.24) is 9.88 Å². The third-order valence-corrected chi connectivity index (χ3v) is 6.56. The van der Waals surface area contributed by atoms with Crippen LogP contribution in [0, 0.1) is 5.41 Å². The van der Waals surface area contributed by atoms with Crippen molar-refractivity contribution in [2.24, 2.45) is 5.41 Å². The fourth-order valence-electron chi connectivity index (χ4n) is 4.87. The first kappa shape index (κ1) is 17.1. The fourth-order valence-corrected chi connectivity index (χ4v) is 5.11. The monoisotopic (exact) mass is 363 g/mol. The molecule has 25 heavy (non-hydrogen) atoms. The van der Waals surface area contributed by atoms with Gasteiger partial charge in [0.1, 0.15) is 5.82 Å². The van der Waals surface area contributed by atoms with Crippen molar-refractivity contribution in [2.45, 2.75) is 57.1 Å². The second kappa shape index (κ2) is 6.76. The van der Waals surface area contributed by atoms with Crippen molar-refractivity contribution >= 4 is 23.3 Å². The van der Waals surface area contributed by atoms with Gasteiger partial charge in [-0.3, -0.25) is 4.79 Å². The standard InChI is InChI=1S/C19H26ClN3O2/c20-16-3-1-10-21-17(16)22-11-2-8-19(13-22)9-12-23(18(19)25)14-4-6-15(24)7-5-14/h1,3,10,14-15,24H,2,4-9,11-13H2/t14-,15-,19-/m1/s1. The van der Waals surface area contributed by atoms with E-state index < -0.39 is 0 Å². The van der Waals surface area contributed by atoms with E-state index in [0.717, 1.165) is 63.9 Å². The molecule has 0 aromatic carbocycles. The van der Waals surface area contributed by atoms with Crippen molar-refractivity contribution in [3.63, 3.8) is 0 Å². The van der Waals surface area contributed by atoms with Gasteiger partial charge in [0.05, 0.1) is 16.5 Å². The molecule has 1 amide bonds. The highest BCUT2D eigenvalue weighted by Gasteiger charge is 2.50. The van der Waals surface area contributed by atoms with Crippen molar-refractivity contribution in [3.05, 3.63) is 23.4 Å². The van der Waals surface area contributed by atoms with Crippen LogP contribution in [0.15, 0.2) is 18.3 Å². The fraction of sp³-hybridized carbons (Fsp3) is 0.684. The Morgan fingerprint density at radius 1 is 1.20 bits per heavy atom. The van der Waals surface area contributed by atoms with Gasteiger partial charge >= 0.3 is 0 Å². The van der Waals surface area contributed by atoms with Gasteiger partial charge in [-0.1, -0.05) is 11.6 Å². The number of piperidine rings is 1. The second-order valence-electron chi connectivity index (χ2n) is 7.83. The smallest absolute Gasteiger partial charge is 0.230 e.